The van der Waals surface area contributed by atoms with E-state index in [1.165, 1.54) is 23.1 Å². The van der Waals surface area contributed by atoms with E-state index in [4.69, 9.17) is 5.11 Å². The summed E-state index contributed by atoms with van der Waals surface area (Å²) < 4.78 is 0.723. The van der Waals surface area contributed by atoms with Crippen LogP contribution in [0.4, 0.5) is 0 Å². The number of nitrogens with zero attached hydrogens (tertiary/aromatic N) is 2. The summed E-state index contributed by atoms with van der Waals surface area (Å²) in [6.07, 6.45) is 1.53. The second kappa shape index (κ2) is 5.18. The monoisotopic (exact) mass is 218 g/mol. The van der Waals surface area contributed by atoms with Gasteiger partial charge in [-0.3, -0.25) is 4.79 Å². The summed E-state index contributed by atoms with van der Waals surface area (Å²) >= 11 is 2.65. The first-order chi connectivity index (χ1) is 6.24. The minimum Gasteiger partial charge on any atom is -0.480 e. The van der Waals surface area contributed by atoms with Gasteiger partial charge in [-0.25, -0.2) is 0 Å². The van der Waals surface area contributed by atoms with Crippen molar-refractivity contribution in [3.05, 3.63) is 5.51 Å². The maximum absolute atomic E-state index is 10.8. The molecule has 13 heavy (non-hydrogen) atoms. The Bertz CT molecular complexity index is 263. The maximum atomic E-state index is 10.8. The highest BCUT2D eigenvalue weighted by atomic mass is 32.2. The normalized spacial score (nSPS) is 12.7. The molecular weight excluding hydrogens is 208 g/mol. The van der Waals surface area contributed by atoms with Gasteiger partial charge in [0.2, 0.25) is 0 Å². The number of rotatable bonds is 5. The molecule has 0 radical (unpaired) electrons. The van der Waals surface area contributed by atoms with Crippen LogP contribution in [0.25, 0.3) is 0 Å². The summed E-state index contributed by atoms with van der Waals surface area (Å²) in [5, 5.41) is 15.9. The summed E-state index contributed by atoms with van der Waals surface area (Å²) in [4.78, 5) is 10.8. The first-order valence-corrected chi connectivity index (χ1v) is 5.65. The average molecular weight is 218 g/mol. The Balaban J connectivity index is 2.52. The third-order valence-corrected chi connectivity index (χ3v) is 3.47. The molecule has 1 atom stereocenters. The van der Waals surface area contributed by atoms with Crippen molar-refractivity contribution in [3.8, 4) is 0 Å². The van der Waals surface area contributed by atoms with E-state index >= 15 is 0 Å². The Morgan fingerprint density at radius 3 is 3.08 bits per heavy atom. The minimum absolute atomic E-state index is 0.391. The second-order valence-corrected chi connectivity index (χ2v) is 4.72. The van der Waals surface area contributed by atoms with E-state index in [2.05, 4.69) is 10.2 Å². The number of carbonyl (C=O) groups is 1. The zero-order chi connectivity index (χ0) is 9.68. The van der Waals surface area contributed by atoms with Gasteiger partial charge in [0.15, 0.2) is 4.34 Å². The van der Waals surface area contributed by atoms with Crippen molar-refractivity contribution in [1.29, 1.82) is 0 Å². The van der Waals surface area contributed by atoms with Crippen molar-refractivity contribution in [2.24, 2.45) is 0 Å². The molecule has 1 N–H and O–H groups in total. The fourth-order valence-electron chi connectivity index (χ4n) is 0.831. The molecule has 0 saturated carbocycles. The third kappa shape index (κ3) is 3.31. The number of aromatic nitrogens is 2. The molecule has 0 aromatic carbocycles. The molecule has 0 aliphatic carbocycles. The number of hydrogen-bond donors (Lipinski definition) is 1. The van der Waals surface area contributed by atoms with Crippen LogP contribution in [0, 0.1) is 0 Å². The highest BCUT2D eigenvalue weighted by Gasteiger charge is 2.18. The summed E-state index contributed by atoms with van der Waals surface area (Å²) in [6, 6.07) is 0. The fraction of sp³-hybridized carbons (Fsp3) is 0.571. The van der Waals surface area contributed by atoms with Gasteiger partial charge in [0, 0.05) is 0 Å². The molecule has 4 nitrogen and oxygen atoms in total. The minimum atomic E-state index is -0.776. The lowest BCUT2D eigenvalue weighted by Gasteiger charge is -2.06. The van der Waals surface area contributed by atoms with Gasteiger partial charge in [-0.05, 0) is 6.42 Å². The van der Waals surface area contributed by atoms with Crippen LogP contribution in [-0.2, 0) is 4.79 Å². The van der Waals surface area contributed by atoms with Gasteiger partial charge in [-0.2, -0.15) is 0 Å². The van der Waals surface area contributed by atoms with Crippen molar-refractivity contribution in [2.75, 3.05) is 0 Å². The van der Waals surface area contributed by atoms with Crippen LogP contribution in [0.15, 0.2) is 9.85 Å². The molecule has 6 heteroatoms. The molecule has 0 fully saturated rings. The maximum Gasteiger partial charge on any atom is 0.317 e. The van der Waals surface area contributed by atoms with Crippen molar-refractivity contribution < 1.29 is 9.90 Å². The van der Waals surface area contributed by atoms with E-state index < -0.39 is 11.2 Å². The molecule has 1 unspecified atom stereocenters. The number of carboxylic acid groups (broad SMARTS) is 1. The molecule has 1 heterocycles. The van der Waals surface area contributed by atoms with E-state index in [9.17, 15) is 4.79 Å². The van der Waals surface area contributed by atoms with Gasteiger partial charge < -0.3 is 5.11 Å². The van der Waals surface area contributed by atoms with Crippen LogP contribution in [0.5, 0.6) is 0 Å². The number of carboxylic acids is 1. The largest absolute Gasteiger partial charge is 0.480 e. The Labute approximate surface area is 84.4 Å². The lowest BCUT2D eigenvalue weighted by Crippen LogP contribution is -2.15. The highest BCUT2D eigenvalue weighted by Crippen LogP contribution is 2.27. The van der Waals surface area contributed by atoms with Crippen molar-refractivity contribution in [2.45, 2.75) is 29.4 Å². The number of thioether (sulfide) groups is 1. The summed E-state index contributed by atoms with van der Waals surface area (Å²) in [7, 11) is 0. The predicted octanol–water partition coefficient (Wildman–Crippen LogP) is 1.88. The highest BCUT2D eigenvalue weighted by molar-refractivity contribution is 8.02. The van der Waals surface area contributed by atoms with Crippen molar-refractivity contribution in [3.63, 3.8) is 0 Å². The smallest absolute Gasteiger partial charge is 0.317 e. The third-order valence-electron chi connectivity index (χ3n) is 1.41. The molecule has 0 aliphatic rings. The molecule has 0 aliphatic heterocycles. The van der Waals surface area contributed by atoms with Gasteiger partial charge in [0.05, 0.1) is 0 Å². The zero-order valence-corrected chi connectivity index (χ0v) is 8.77. The topological polar surface area (TPSA) is 63.1 Å². The van der Waals surface area contributed by atoms with Crippen LogP contribution in [0.2, 0.25) is 0 Å². The lowest BCUT2D eigenvalue weighted by molar-refractivity contribution is -0.136. The molecule has 0 spiro atoms. The summed E-state index contributed by atoms with van der Waals surface area (Å²) in [6.45, 7) is 1.97. The van der Waals surface area contributed by atoms with E-state index in [0.29, 0.717) is 6.42 Å². The number of aliphatic carboxylic acids is 1. The molecule has 1 rings (SSSR count). The van der Waals surface area contributed by atoms with Gasteiger partial charge >= 0.3 is 5.97 Å². The van der Waals surface area contributed by atoms with Gasteiger partial charge in [-0.15, -0.1) is 10.2 Å². The van der Waals surface area contributed by atoms with Crippen LogP contribution in [-0.4, -0.2) is 26.5 Å². The van der Waals surface area contributed by atoms with Crippen molar-refractivity contribution >= 4 is 29.1 Å². The SMILES string of the molecule is CCCC(Sc1nncs1)C(=O)O. The van der Waals surface area contributed by atoms with E-state index in [1.54, 1.807) is 5.51 Å². The Morgan fingerprint density at radius 1 is 1.85 bits per heavy atom. The molecule has 1 aromatic rings. The lowest BCUT2D eigenvalue weighted by atomic mass is 10.2. The molecule has 1 aromatic heterocycles. The van der Waals surface area contributed by atoms with Gasteiger partial charge in [0.25, 0.3) is 0 Å². The van der Waals surface area contributed by atoms with E-state index in [1.807, 2.05) is 6.92 Å². The fourth-order valence-corrected chi connectivity index (χ4v) is 2.60. The molecule has 0 amide bonds. The Kier molecular flexibility index (Phi) is 4.17. The Morgan fingerprint density at radius 2 is 2.62 bits per heavy atom. The molecule has 0 bridgehead atoms. The van der Waals surface area contributed by atoms with Gasteiger partial charge in [0.1, 0.15) is 10.8 Å². The summed E-state index contributed by atoms with van der Waals surface area (Å²) in [5.41, 5.74) is 1.60. The van der Waals surface area contributed by atoms with Crippen LogP contribution in [0.1, 0.15) is 19.8 Å². The van der Waals surface area contributed by atoms with Gasteiger partial charge in [-0.1, -0.05) is 36.4 Å². The first kappa shape index (κ1) is 10.5. The first-order valence-electron chi connectivity index (χ1n) is 3.89. The van der Waals surface area contributed by atoms with Crippen molar-refractivity contribution in [1.82, 2.24) is 10.2 Å². The number of hydrogen-bond acceptors (Lipinski definition) is 5. The quantitative estimate of drug-likeness (QED) is 0.764. The van der Waals surface area contributed by atoms with Crippen LogP contribution in [0.3, 0.4) is 0 Å². The van der Waals surface area contributed by atoms with E-state index in [0.717, 1.165) is 10.8 Å². The zero-order valence-electron chi connectivity index (χ0n) is 7.14. The molecule has 72 valence electrons. The van der Waals surface area contributed by atoms with E-state index in [-0.39, 0.29) is 0 Å². The van der Waals surface area contributed by atoms with Crippen LogP contribution >= 0.6 is 23.1 Å². The molecular formula is C7H10N2O2S2. The predicted molar refractivity (Wildman–Crippen MR) is 52.1 cm³/mol. The van der Waals surface area contributed by atoms with Crippen LogP contribution < -0.4 is 0 Å². The Hall–Kier alpha value is -0.620. The second-order valence-electron chi connectivity index (χ2n) is 2.44. The average Bonchev–Trinajstić information content (AvgIpc) is 2.56. The molecule has 0 saturated heterocycles. The summed E-state index contributed by atoms with van der Waals surface area (Å²) in [5.74, 6) is -0.776. The standard InChI is InChI=1S/C7H10N2O2S2/c1-2-3-5(6(10)11)13-7-9-8-4-12-7/h4-5H,2-3H2,1H3,(H,10,11).